The number of amides is 1. The van der Waals surface area contributed by atoms with Gasteiger partial charge in [-0.05, 0) is 31.5 Å². The molecular weight excluding hydrogens is 374 g/mol. The maximum Gasteiger partial charge on any atom is 0.309 e. The van der Waals surface area contributed by atoms with Crippen molar-refractivity contribution in [2.24, 2.45) is 0 Å². The molecule has 0 radical (unpaired) electrons. The summed E-state index contributed by atoms with van der Waals surface area (Å²) in [6.45, 7) is 3.57. The van der Waals surface area contributed by atoms with Crippen molar-refractivity contribution < 1.29 is 9.72 Å². The van der Waals surface area contributed by atoms with Crippen LogP contribution in [0.25, 0.3) is 0 Å². The van der Waals surface area contributed by atoms with E-state index < -0.39 is 16.9 Å². The molecule has 1 atom stereocenters. The Bertz CT molecular complexity index is 980. The predicted molar refractivity (Wildman–Crippen MR) is 97.5 cm³/mol. The Morgan fingerprint density at radius 1 is 1.33 bits per heavy atom. The third-order valence-electron chi connectivity index (χ3n) is 3.89. The Kier molecular flexibility index (Phi) is 5.17. The summed E-state index contributed by atoms with van der Waals surface area (Å²) < 4.78 is 2.82. The van der Waals surface area contributed by atoms with Crippen LogP contribution in [0.3, 0.4) is 0 Å². The Hall–Kier alpha value is -3.27. The van der Waals surface area contributed by atoms with Gasteiger partial charge in [-0.15, -0.1) is 5.10 Å². The molecule has 0 saturated carbocycles. The minimum absolute atomic E-state index is 0.138. The van der Waals surface area contributed by atoms with Crippen LogP contribution in [-0.2, 0) is 11.3 Å². The Morgan fingerprint density at radius 2 is 2.04 bits per heavy atom. The molecule has 0 saturated heterocycles. The van der Waals surface area contributed by atoms with Gasteiger partial charge in [0.2, 0.25) is 5.95 Å². The summed E-state index contributed by atoms with van der Waals surface area (Å²) in [5, 5.41) is 22.4. The number of aryl methyl sites for hydroxylation is 1. The van der Waals surface area contributed by atoms with E-state index in [0.29, 0.717) is 11.6 Å². The first kappa shape index (κ1) is 18.5. The van der Waals surface area contributed by atoms with Gasteiger partial charge in [0.1, 0.15) is 24.3 Å². The highest BCUT2D eigenvalue weighted by Gasteiger charge is 2.23. The van der Waals surface area contributed by atoms with Crippen LogP contribution >= 0.6 is 11.6 Å². The van der Waals surface area contributed by atoms with Crippen molar-refractivity contribution in [1.82, 2.24) is 24.5 Å². The average Bonchev–Trinajstić information content (AvgIpc) is 3.22. The molecule has 27 heavy (non-hydrogen) atoms. The van der Waals surface area contributed by atoms with Crippen molar-refractivity contribution in [3.05, 3.63) is 63.2 Å². The van der Waals surface area contributed by atoms with Gasteiger partial charge >= 0.3 is 5.69 Å². The molecule has 0 aliphatic heterocycles. The van der Waals surface area contributed by atoms with Crippen molar-refractivity contribution in [2.75, 3.05) is 5.32 Å². The molecule has 1 N–H and O–H groups in total. The molecule has 10 nitrogen and oxygen atoms in total. The van der Waals surface area contributed by atoms with Crippen LogP contribution < -0.4 is 5.32 Å². The topological polar surface area (TPSA) is 121 Å². The second-order valence-electron chi connectivity index (χ2n) is 5.89. The molecule has 0 aliphatic rings. The summed E-state index contributed by atoms with van der Waals surface area (Å²) in [7, 11) is 0. The van der Waals surface area contributed by atoms with Crippen LogP contribution in [0.4, 0.5) is 11.6 Å². The quantitative estimate of drug-likeness (QED) is 0.511. The van der Waals surface area contributed by atoms with E-state index in [1.165, 1.54) is 24.1 Å². The largest absolute Gasteiger partial charge is 0.309 e. The minimum atomic E-state index is -0.763. The molecule has 0 bridgehead atoms. The van der Waals surface area contributed by atoms with Gasteiger partial charge in [0.25, 0.3) is 5.91 Å². The van der Waals surface area contributed by atoms with Crippen molar-refractivity contribution in [2.45, 2.75) is 26.4 Å². The summed E-state index contributed by atoms with van der Waals surface area (Å²) in [4.78, 5) is 26.8. The van der Waals surface area contributed by atoms with Crippen LogP contribution in [0.15, 0.2) is 36.8 Å². The third-order valence-corrected chi connectivity index (χ3v) is 4.14. The number of hydrogen-bond acceptors (Lipinski definition) is 6. The average molecular weight is 390 g/mol. The highest BCUT2D eigenvalue weighted by atomic mass is 35.5. The molecule has 140 valence electrons. The molecule has 0 spiro atoms. The lowest BCUT2D eigenvalue weighted by atomic mass is 10.2. The normalized spacial score (nSPS) is 12.0. The number of carbonyl (C=O) groups excluding carboxylic acids is 1. The molecule has 0 fully saturated rings. The second kappa shape index (κ2) is 7.54. The summed E-state index contributed by atoms with van der Waals surface area (Å²) in [5.74, 6) is -0.296. The molecule has 3 rings (SSSR count). The monoisotopic (exact) mass is 389 g/mol. The molecule has 2 heterocycles. The molecule has 11 heteroatoms. The zero-order valence-electron chi connectivity index (χ0n) is 14.5. The Morgan fingerprint density at radius 3 is 2.67 bits per heavy atom. The fourth-order valence-electron chi connectivity index (χ4n) is 2.39. The highest BCUT2D eigenvalue weighted by molar-refractivity contribution is 6.30. The number of hydrogen-bond donors (Lipinski definition) is 1. The summed E-state index contributed by atoms with van der Waals surface area (Å²) in [6, 6.07) is 6.54. The lowest BCUT2D eigenvalue weighted by molar-refractivity contribution is -0.385. The van der Waals surface area contributed by atoms with Gasteiger partial charge in [-0.25, -0.2) is 9.67 Å². The van der Waals surface area contributed by atoms with Gasteiger partial charge in [-0.2, -0.15) is 5.10 Å². The summed E-state index contributed by atoms with van der Waals surface area (Å²) in [6.07, 6.45) is 2.73. The van der Waals surface area contributed by atoms with E-state index in [4.69, 9.17) is 11.6 Å². The Labute approximate surface area is 158 Å². The first-order valence-electron chi connectivity index (χ1n) is 7.98. The molecule has 2 aromatic heterocycles. The zero-order chi connectivity index (χ0) is 19.6. The molecule has 0 aliphatic carbocycles. The van der Waals surface area contributed by atoms with Gasteiger partial charge in [-0.3, -0.25) is 24.9 Å². The first-order valence-corrected chi connectivity index (χ1v) is 8.36. The lowest BCUT2D eigenvalue weighted by Crippen LogP contribution is -2.24. The van der Waals surface area contributed by atoms with Gasteiger partial charge < -0.3 is 0 Å². The number of halogens is 1. The van der Waals surface area contributed by atoms with Crippen LogP contribution in [0.1, 0.15) is 24.2 Å². The summed E-state index contributed by atoms with van der Waals surface area (Å²) in [5.41, 5.74) is 1.08. The number of benzene rings is 1. The number of nitrogens with zero attached hydrogens (tertiary/aromatic N) is 6. The van der Waals surface area contributed by atoms with Crippen molar-refractivity contribution in [1.29, 1.82) is 0 Å². The SMILES string of the molecule is Cc1nn(C(C)C(=O)Nc2ncn(Cc3ccc(Cl)cc3)n2)cc1[N+](=O)[O-]. The van der Waals surface area contributed by atoms with E-state index in [0.717, 1.165) is 5.56 Å². The standard InChI is InChI=1S/C16H16ClN7O3/c1-10-14(24(26)27)8-23(20-10)11(2)15(25)19-16-18-9-22(21-16)7-12-3-5-13(17)6-4-12/h3-6,8-9,11H,7H2,1-2H3,(H,19,21,25). The maximum atomic E-state index is 12.4. The summed E-state index contributed by atoms with van der Waals surface area (Å²) >= 11 is 5.86. The van der Waals surface area contributed by atoms with Crippen molar-refractivity contribution in [3.63, 3.8) is 0 Å². The van der Waals surface area contributed by atoms with Crippen LogP contribution in [0.2, 0.25) is 5.02 Å². The van der Waals surface area contributed by atoms with Gasteiger partial charge in [0, 0.05) is 5.02 Å². The van der Waals surface area contributed by atoms with Crippen LogP contribution in [0, 0.1) is 17.0 Å². The van der Waals surface area contributed by atoms with Crippen LogP contribution in [0.5, 0.6) is 0 Å². The molecule has 3 aromatic rings. The smallest absolute Gasteiger partial charge is 0.291 e. The third kappa shape index (κ3) is 4.29. The number of aromatic nitrogens is 5. The van der Waals surface area contributed by atoms with E-state index in [-0.39, 0.29) is 17.3 Å². The fraction of sp³-hybridized carbons (Fsp3) is 0.250. The fourth-order valence-corrected chi connectivity index (χ4v) is 2.52. The molecule has 1 unspecified atom stereocenters. The number of anilines is 1. The van der Waals surface area contributed by atoms with E-state index in [1.807, 2.05) is 12.1 Å². The van der Waals surface area contributed by atoms with Crippen molar-refractivity contribution >= 4 is 29.1 Å². The molecule has 1 aromatic carbocycles. The van der Waals surface area contributed by atoms with E-state index in [9.17, 15) is 14.9 Å². The van der Waals surface area contributed by atoms with Crippen LogP contribution in [-0.4, -0.2) is 35.4 Å². The predicted octanol–water partition coefficient (Wildman–Crippen LogP) is 2.59. The van der Waals surface area contributed by atoms with Crippen molar-refractivity contribution in [3.8, 4) is 0 Å². The number of nitro groups is 1. The van der Waals surface area contributed by atoms with Gasteiger partial charge in [-0.1, -0.05) is 23.7 Å². The zero-order valence-corrected chi connectivity index (χ0v) is 15.3. The number of nitrogens with one attached hydrogen (secondary N) is 1. The molecule has 1 amide bonds. The van der Waals surface area contributed by atoms with E-state index >= 15 is 0 Å². The maximum absolute atomic E-state index is 12.4. The second-order valence-corrected chi connectivity index (χ2v) is 6.33. The highest BCUT2D eigenvalue weighted by Crippen LogP contribution is 2.19. The van der Waals surface area contributed by atoms with E-state index in [1.54, 1.807) is 23.7 Å². The number of rotatable bonds is 6. The van der Waals surface area contributed by atoms with Gasteiger partial charge in [0.05, 0.1) is 11.5 Å². The Balaban J connectivity index is 1.65. The van der Waals surface area contributed by atoms with E-state index in [2.05, 4.69) is 20.5 Å². The van der Waals surface area contributed by atoms with Gasteiger partial charge in [0.15, 0.2) is 0 Å². The minimum Gasteiger partial charge on any atom is -0.291 e. The lowest BCUT2D eigenvalue weighted by Gasteiger charge is -2.10. The first-order chi connectivity index (χ1) is 12.8. The molecular formula is C16H16ClN7O3. The number of carbonyl (C=O) groups is 1.